The van der Waals surface area contributed by atoms with Crippen LogP contribution in [0.4, 0.5) is 0 Å². The molecule has 0 spiro atoms. The third-order valence-electron chi connectivity index (χ3n) is 4.11. The van der Waals surface area contributed by atoms with Crippen molar-refractivity contribution < 1.29 is 14.3 Å². The van der Waals surface area contributed by atoms with Crippen LogP contribution in [0.15, 0.2) is 48.5 Å². The minimum absolute atomic E-state index is 0.355. The Hall–Kier alpha value is -2.29. The normalized spacial score (nSPS) is 10.7. The van der Waals surface area contributed by atoms with Gasteiger partial charge in [-0.05, 0) is 54.3 Å². The lowest BCUT2D eigenvalue weighted by Crippen LogP contribution is -2.08. The van der Waals surface area contributed by atoms with Gasteiger partial charge >= 0.3 is 5.97 Å². The lowest BCUT2D eigenvalue weighted by molar-refractivity contribution is 0.0734. The zero-order valence-corrected chi connectivity index (χ0v) is 15.5. The van der Waals surface area contributed by atoms with Crippen molar-refractivity contribution in [3.8, 4) is 11.5 Å². The van der Waals surface area contributed by atoms with Crippen LogP contribution in [0.1, 0.15) is 68.3 Å². The molecule has 3 nitrogen and oxygen atoms in total. The SMILES string of the molecule is CCCCCCOc1ccc(C(=O)Oc2ccc(C(C)C)cc2)cc1. The standard InChI is InChI=1S/C22H28O3/c1-4-5-6-7-16-24-20-12-10-19(11-13-20)22(23)25-21-14-8-18(9-15-21)17(2)3/h8-15,17H,4-7,16H2,1-3H3. The molecule has 0 N–H and O–H groups in total. The van der Waals surface area contributed by atoms with Gasteiger partial charge in [0.05, 0.1) is 12.2 Å². The Morgan fingerprint density at radius 1 is 0.880 bits per heavy atom. The number of carbonyl (C=O) groups excluding carboxylic acids is 1. The maximum atomic E-state index is 12.2. The largest absolute Gasteiger partial charge is 0.494 e. The highest BCUT2D eigenvalue weighted by Gasteiger charge is 2.09. The van der Waals surface area contributed by atoms with E-state index in [2.05, 4.69) is 20.8 Å². The molecular formula is C22H28O3. The van der Waals surface area contributed by atoms with Gasteiger partial charge in [0.25, 0.3) is 0 Å². The van der Waals surface area contributed by atoms with E-state index in [0.29, 0.717) is 23.8 Å². The predicted octanol–water partition coefficient (Wildman–Crippen LogP) is 5.99. The number of ether oxygens (including phenoxy) is 2. The zero-order chi connectivity index (χ0) is 18.1. The van der Waals surface area contributed by atoms with Crippen molar-refractivity contribution in [1.82, 2.24) is 0 Å². The van der Waals surface area contributed by atoms with Crippen molar-refractivity contribution in [2.75, 3.05) is 6.61 Å². The lowest BCUT2D eigenvalue weighted by Gasteiger charge is -2.09. The summed E-state index contributed by atoms with van der Waals surface area (Å²) in [7, 11) is 0. The Labute approximate surface area is 151 Å². The first kappa shape index (κ1) is 19.0. The number of unbranched alkanes of at least 4 members (excludes halogenated alkanes) is 3. The smallest absolute Gasteiger partial charge is 0.343 e. The zero-order valence-electron chi connectivity index (χ0n) is 15.5. The second-order valence-electron chi connectivity index (χ2n) is 6.55. The quantitative estimate of drug-likeness (QED) is 0.319. The number of hydrogen-bond acceptors (Lipinski definition) is 3. The van der Waals surface area contributed by atoms with Crippen LogP contribution < -0.4 is 9.47 Å². The fourth-order valence-corrected chi connectivity index (χ4v) is 2.49. The van der Waals surface area contributed by atoms with Gasteiger partial charge < -0.3 is 9.47 Å². The minimum atomic E-state index is -0.355. The Morgan fingerprint density at radius 3 is 2.12 bits per heavy atom. The van der Waals surface area contributed by atoms with Gasteiger partial charge in [-0.1, -0.05) is 52.2 Å². The molecule has 0 fully saturated rings. The highest BCUT2D eigenvalue weighted by Crippen LogP contribution is 2.20. The maximum Gasteiger partial charge on any atom is 0.343 e. The number of benzene rings is 2. The molecule has 2 aromatic carbocycles. The molecule has 0 radical (unpaired) electrons. The van der Waals surface area contributed by atoms with E-state index in [0.717, 1.165) is 12.2 Å². The van der Waals surface area contributed by atoms with E-state index in [1.54, 1.807) is 12.1 Å². The van der Waals surface area contributed by atoms with Gasteiger partial charge in [-0.3, -0.25) is 0 Å². The molecule has 0 aromatic heterocycles. The Morgan fingerprint density at radius 2 is 1.52 bits per heavy atom. The van der Waals surface area contributed by atoms with E-state index in [9.17, 15) is 4.79 Å². The average Bonchev–Trinajstić information content (AvgIpc) is 2.62. The predicted molar refractivity (Wildman–Crippen MR) is 102 cm³/mol. The third-order valence-corrected chi connectivity index (χ3v) is 4.11. The monoisotopic (exact) mass is 340 g/mol. The summed E-state index contributed by atoms with van der Waals surface area (Å²) in [5, 5.41) is 0. The maximum absolute atomic E-state index is 12.2. The van der Waals surface area contributed by atoms with Crippen LogP contribution in [0.3, 0.4) is 0 Å². The molecule has 0 aliphatic heterocycles. The summed E-state index contributed by atoms with van der Waals surface area (Å²) in [5.74, 6) is 1.45. The molecule has 0 atom stereocenters. The molecule has 0 unspecified atom stereocenters. The Bertz CT molecular complexity index is 642. The molecule has 3 heteroatoms. The molecule has 2 aromatic rings. The summed E-state index contributed by atoms with van der Waals surface area (Å²) in [4.78, 5) is 12.2. The van der Waals surface area contributed by atoms with E-state index in [1.165, 1.54) is 24.8 Å². The Kier molecular flexibility index (Phi) is 7.52. The van der Waals surface area contributed by atoms with Gasteiger partial charge in [0, 0.05) is 0 Å². The molecule has 0 heterocycles. The molecule has 134 valence electrons. The summed E-state index contributed by atoms with van der Waals surface area (Å²) in [6.07, 6.45) is 4.71. The number of hydrogen-bond donors (Lipinski definition) is 0. The minimum Gasteiger partial charge on any atom is -0.494 e. The highest BCUT2D eigenvalue weighted by molar-refractivity contribution is 5.91. The van der Waals surface area contributed by atoms with Crippen LogP contribution in [-0.4, -0.2) is 12.6 Å². The third kappa shape index (κ3) is 6.26. The van der Waals surface area contributed by atoms with Crippen molar-refractivity contribution in [2.24, 2.45) is 0 Å². The van der Waals surface area contributed by atoms with Crippen molar-refractivity contribution in [1.29, 1.82) is 0 Å². The van der Waals surface area contributed by atoms with E-state index < -0.39 is 0 Å². The number of rotatable bonds is 9. The fourth-order valence-electron chi connectivity index (χ4n) is 2.49. The summed E-state index contributed by atoms with van der Waals surface area (Å²) in [6, 6.07) is 14.8. The van der Waals surface area contributed by atoms with Crippen LogP contribution in [-0.2, 0) is 0 Å². The summed E-state index contributed by atoms with van der Waals surface area (Å²) < 4.78 is 11.1. The molecule has 0 bridgehead atoms. The fraction of sp³-hybridized carbons (Fsp3) is 0.409. The van der Waals surface area contributed by atoms with Crippen LogP contribution in [0.2, 0.25) is 0 Å². The van der Waals surface area contributed by atoms with Crippen molar-refractivity contribution in [3.05, 3.63) is 59.7 Å². The van der Waals surface area contributed by atoms with E-state index in [1.807, 2.05) is 36.4 Å². The average molecular weight is 340 g/mol. The van der Waals surface area contributed by atoms with Crippen LogP contribution in [0.25, 0.3) is 0 Å². The second kappa shape index (κ2) is 9.87. The molecule has 25 heavy (non-hydrogen) atoms. The van der Waals surface area contributed by atoms with E-state index in [4.69, 9.17) is 9.47 Å². The molecule has 0 aliphatic rings. The van der Waals surface area contributed by atoms with Crippen LogP contribution >= 0.6 is 0 Å². The first-order chi connectivity index (χ1) is 12.1. The van der Waals surface area contributed by atoms with Gasteiger partial charge in [-0.25, -0.2) is 4.79 Å². The van der Waals surface area contributed by atoms with Crippen LogP contribution in [0.5, 0.6) is 11.5 Å². The molecule has 0 aliphatic carbocycles. The first-order valence-corrected chi connectivity index (χ1v) is 9.15. The summed E-state index contributed by atoms with van der Waals surface area (Å²) >= 11 is 0. The molecule has 0 saturated carbocycles. The second-order valence-corrected chi connectivity index (χ2v) is 6.55. The number of carbonyl (C=O) groups is 1. The Balaban J connectivity index is 1.85. The van der Waals surface area contributed by atoms with Gasteiger partial charge in [-0.2, -0.15) is 0 Å². The van der Waals surface area contributed by atoms with Gasteiger partial charge in [0.2, 0.25) is 0 Å². The number of esters is 1. The van der Waals surface area contributed by atoms with Crippen molar-refractivity contribution >= 4 is 5.97 Å². The van der Waals surface area contributed by atoms with Crippen LogP contribution in [0, 0.1) is 0 Å². The highest BCUT2D eigenvalue weighted by atomic mass is 16.5. The summed E-state index contributed by atoms with van der Waals surface area (Å²) in [5.41, 5.74) is 1.74. The molecular weight excluding hydrogens is 312 g/mol. The topological polar surface area (TPSA) is 35.5 Å². The molecule has 2 rings (SSSR count). The molecule has 0 amide bonds. The van der Waals surface area contributed by atoms with Gasteiger partial charge in [0.1, 0.15) is 11.5 Å². The van der Waals surface area contributed by atoms with Gasteiger partial charge in [-0.15, -0.1) is 0 Å². The molecule has 0 saturated heterocycles. The van der Waals surface area contributed by atoms with Gasteiger partial charge in [0.15, 0.2) is 0 Å². The summed E-state index contributed by atoms with van der Waals surface area (Å²) in [6.45, 7) is 7.17. The van der Waals surface area contributed by atoms with E-state index >= 15 is 0 Å². The first-order valence-electron chi connectivity index (χ1n) is 9.15. The van der Waals surface area contributed by atoms with Crippen molar-refractivity contribution in [2.45, 2.75) is 52.4 Å². The van der Waals surface area contributed by atoms with Crippen molar-refractivity contribution in [3.63, 3.8) is 0 Å². The van der Waals surface area contributed by atoms with E-state index in [-0.39, 0.29) is 5.97 Å². The lowest BCUT2D eigenvalue weighted by atomic mass is 10.0.